The van der Waals surface area contributed by atoms with Crippen LogP contribution in [0.25, 0.3) is 11.0 Å². The summed E-state index contributed by atoms with van der Waals surface area (Å²) in [6.07, 6.45) is 5.42. The lowest BCUT2D eigenvalue weighted by Crippen LogP contribution is -2.50. The minimum absolute atomic E-state index is 0.0109. The number of aromatic amines is 1. The number of amides is 1. The van der Waals surface area contributed by atoms with E-state index in [0.29, 0.717) is 11.1 Å². The zero-order chi connectivity index (χ0) is 22.3. The maximum absolute atomic E-state index is 13.2. The number of nitriles is 1. The molecule has 2 aromatic heterocycles. The fourth-order valence-corrected chi connectivity index (χ4v) is 4.98. The average molecular weight is 431 g/mol. The molecule has 5 rings (SSSR count). The van der Waals surface area contributed by atoms with Crippen molar-refractivity contribution < 1.29 is 9.90 Å². The van der Waals surface area contributed by atoms with Crippen LogP contribution in [0.3, 0.4) is 0 Å². The number of nitrogens with one attached hydrogen (secondary N) is 2. The smallest absolute Gasteiger partial charge is 0.224 e. The minimum Gasteiger partial charge on any atom is -0.386 e. The van der Waals surface area contributed by atoms with E-state index in [2.05, 4.69) is 31.2 Å². The van der Waals surface area contributed by atoms with Crippen molar-refractivity contribution in [3.8, 4) is 6.07 Å². The third-order valence-corrected chi connectivity index (χ3v) is 7.00. The zero-order valence-corrected chi connectivity index (χ0v) is 18.0. The van der Waals surface area contributed by atoms with E-state index >= 15 is 0 Å². The molecule has 0 radical (unpaired) electrons. The topological polar surface area (TPSA) is 118 Å². The number of benzene rings is 1. The van der Waals surface area contributed by atoms with Gasteiger partial charge in [0.15, 0.2) is 0 Å². The van der Waals surface area contributed by atoms with E-state index in [4.69, 9.17) is 5.26 Å². The third kappa shape index (κ3) is 3.59. The van der Waals surface area contributed by atoms with Gasteiger partial charge in [-0.2, -0.15) is 5.26 Å². The molecule has 2 aliphatic rings. The summed E-state index contributed by atoms with van der Waals surface area (Å²) in [6.45, 7) is 3.37. The molecule has 1 spiro atoms. The van der Waals surface area contributed by atoms with Gasteiger partial charge in [-0.15, -0.1) is 0 Å². The number of carbonyl (C=O) groups is 1. The Hall–Kier alpha value is -3.44. The van der Waals surface area contributed by atoms with Crippen molar-refractivity contribution in [2.45, 2.75) is 38.3 Å². The molecule has 32 heavy (non-hydrogen) atoms. The average Bonchev–Trinajstić information content (AvgIpc) is 3.39. The van der Waals surface area contributed by atoms with Gasteiger partial charge in [0.05, 0.1) is 29.2 Å². The van der Waals surface area contributed by atoms with Crippen LogP contribution in [-0.4, -0.2) is 45.1 Å². The Kier molecular flexibility index (Phi) is 5.06. The van der Waals surface area contributed by atoms with Crippen LogP contribution >= 0.6 is 0 Å². The molecule has 1 unspecified atom stereocenters. The Morgan fingerprint density at radius 2 is 2.09 bits per heavy atom. The molecule has 164 valence electrons. The number of aromatic nitrogens is 3. The normalized spacial score (nSPS) is 21.2. The van der Waals surface area contributed by atoms with E-state index in [1.807, 2.05) is 19.2 Å². The van der Waals surface area contributed by atoms with Crippen molar-refractivity contribution in [3.05, 3.63) is 54.0 Å². The summed E-state index contributed by atoms with van der Waals surface area (Å²) in [5, 5.41) is 23.7. The van der Waals surface area contributed by atoms with Crippen molar-refractivity contribution >= 4 is 22.8 Å². The Balaban J connectivity index is 1.26. The van der Waals surface area contributed by atoms with Gasteiger partial charge >= 0.3 is 0 Å². The lowest BCUT2D eigenvalue weighted by atomic mass is 9.81. The van der Waals surface area contributed by atoms with E-state index < -0.39 is 12.1 Å². The van der Waals surface area contributed by atoms with Crippen LogP contribution in [0.5, 0.6) is 0 Å². The van der Waals surface area contributed by atoms with Crippen LogP contribution < -0.4 is 10.2 Å². The van der Waals surface area contributed by atoms with Crippen molar-refractivity contribution in [3.63, 3.8) is 0 Å². The summed E-state index contributed by atoms with van der Waals surface area (Å²) in [7, 11) is 0. The minimum atomic E-state index is -0.829. The van der Waals surface area contributed by atoms with E-state index in [9.17, 15) is 9.90 Å². The summed E-state index contributed by atoms with van der Waals surface area (Å²) in [4.78, 5) is 27.4. The van der Waals surface area contributed by atoms with Gasteiger partial charge in [0.1, 0.15) is 17.8 Å². The van der Waals surface area contributed by atoms with E-state index in [-0.39, 0.29) is 17.2 Å². The molecule has 3 aromatic rings. The summed E-state index contributed by atoms with van der Waals surface area (Å²) in [5.74, 6) is 0.862. The molecule has 1 saturated carbocycles. The van der Waals surface area contributed by atoms with Crippen molar-refractivity contribution in [1.29, 1.82) is 5.26 Å². The maximum Gasteiger partial charge on any atom is 0.224 e. The fourth-order valence-electron chi connectivity index (χ4n) is 4.98. The summed E-state index contributed by atoms with van der Waals surface area (Å²) in [5.41, 5.74) is 2.02. The molecule has 1 amide bonds. The van der Waals surface area contributed by atoms with Gasteiger partial charge < -0.3 is 20.3 Å². The highest BCUT2D eigenvalue weighted by Crippen LogP contribution is 2.56. The van der Waals surface area contributed by atoms with Crippen molar-refractivity contribution in [2.75, 3.05) is 18.0 Å². The number of nitrogens with zero attached hydrogens (tertiary/aromatic N) is 4. The van der Waals surface area contributed by atoms with Crippen molar-refractivity contribution in [2.24, 2.45) is 11.3 Å². The van der Waals surface area contributed by atoms with Gasteiger partial charge in [-0.05, 0) is 55.4 Å². The van der Waals surface area contributed by atoms with E-state index in [1.165, 1.54) is 0 Å². The quantitative estimate of drug-likeness (QED) is 0.573. The van der Waals surface area contributed by atoms with Crippen LogP contribution in [-0.2, 0) is 4.79 Å². The molecule has 2 fully saturated rings. The predicted molar refractivity (Wildman–Crippen MR) is 120 cm³/mol. The summed E-state index contributed by atoms with van der Waals surface area (Å²) >= 11 is 0. The predicted octanol–water partition coefficient (Wildman–Crippen LogP) is 2.67. The molecule has 8 nitrogen and oxygen atoms in total. The van der Waals surface area contributed by atoms with Gasteiger partial charge in [-0.1, -0.05) is 12.1 Å². The molecule has 1 aliphatic carbocycles. The van der Waals surface area contributed by atoms with Crippen molar-refractivity contribution in [1.82, 2.24) is 20.3 Å². The zero-order valence-electron chi connectivity index (χ0n) is 18.0. The number of carbonyl (C=O) groups excluding carboxylic acids is 1. The van der Waals surface area contributed by atoms with Crippen LogP contribution in [0.1, 0.15) is 43.4 Å². The molecule has 1 aliphatic heterocycles. The van der Waals surface area contributed by atoms with Gasteiger partial charge in [0.2, 0.25) is 5.91 Å². The number of anilines is 1. The molecule has 3 atom stereocenters. The van der Waals surface area contributed by atoms with Gasteiger partial charge in [-0.25, -0.2) is 9.97 Å². The lowest BCUT2D eigenvalue weighted by Gasteiger charge is -2.39. The first-order valence-corrected chi connectivity index (χ1v) is 11.0. The summed E-state index contributed by atoms with van der Waals surface area (Å²) in [6, 6.07) is 10.5. The fraction of sp³-hybridized carbons (Fsp3) is 0.417. The third-order valence-electron chi connectivity index (χ3n) is 7.00. The first kappa shape index (κ1) is 20.5. The van der Waals surface area contributed by atoms with Crippen LogP contribution in [0.2, 0.25) is 0 Å². The van der Waals surface area contributed by atoms with Crippen LogP contribution in [0.4, 0.5) is 5.82 Å². The molecule has 3 N–H and O–H groups in total. The number of hydrogen-bond acceptors (Lipinski definition) is 6. The Morgan fingerprint density at radius 3 is 2.81 bits per heavy atom. The lowest BCUT2D eigenvalue weighted by molar-refractivity contribution is -0.129. The first-order chi connectivity index (χ1) is 15.5. The second kappa shape index (κ2) is 7.92. The SMILES string of the molecule is C[C@@H](NC(=O)[C@H]1CCN(c2ncnc3[nH]ccc23)CC12CC2)C(O)c1ccc(C#N)cc1. The number of piperidine rings is 1. The monoisotopic (exact) mass is 430 g/mol. The molecular weight excluding hydrogens is 404 g/mol. The Bertz CT molecular complexity index is 1180. The van der Waals surface area contributed by atoms with Crippen LogP contribution in [0, 0.1) is 22.7 Å². The Morgan fingerprint density at radius 1 is 1.31 bits per heavy atom. The molecule has 0 bridgehead atoms. The number of fused-ring (bicyclic) bond motifs is 1. The number of aliphatic hydroxyl groups excluding tert-OH is 1. The largest absolute Gasteiger partial charge is 0.386 e. The van der Waals surface area contributed by atoms with Gasteiger partial charge in [0.25, 0.3) is 0 Å². The molecule has 8 heteroatoms. The molecule has 3 heterocycles. The standard InChI is InChI=1S/C24H26N6O2/c1-15(20(31)17-4-2-16(12-25)3-5-17)29-23(32)19-7-11-30(13-24(19)8-9-24)22-18-6-10-26-21(18)27-14-28-22/h2-6,10,14-15,19-20,31H,7-9,11,13H2,1H3,(H,29,32)(H,26,27,28)/t15-,19-,20?/m1/s1. The molecule has 1 saturated heterocycles. The number of aliphatic hydroxyl groups is 1. The van der Waals surface area contributed by atoms with Crippen LogP contribution in [0.15, 0.2) is 42.9 Å². The number of hydrogen-bond donors (Lipinski definition) is 3. The Labute approximate surface area is 186 Å². The molecule has 1 aromatic carbocycles. The first-order valence-electron chi connectivity index (χ1n) is 11.0. The highest BCUT2D eigenvalue weighted by Gasteiger charge is 2.55. The van der Waals surface area contributed by atoms with Gasteiger partial charge in [0, 0.05) is 25.2 Å². The second-order valence-electron chi connectivity index (χ2n) is 9.04. The van der Waals surface area contributed by atoms with E-state index in [0.717, 1.165) is 49.2 Å². The second-order valence-corrected chi connectivity index (χ2v) is 9.04. The highest BCUT2D eigenvalue weighted by atomic mass is 16.3. The van der Waals surface area contributed by atoms with E-state index in [1.54, 1.807) is 30.6 Å². The highest BCUT2D eigenvalue weighted by molar-refractivity contribution is 5.87. The number of H-pyrrole nitrogens is 1. The maximum atomic E-state index is 13.2. The molecular formula is C24H26N6O2. The number of rotatable bonds is 5. The summed E-state index contributed by atoms with van der Waals surface area (Å²) < 4.78 is 0. The van der Waals surface area contributed by atoms with Gasteiger partial charge in [-0.3, -0.25) is 4.79 Å².